The van der Waals surface area contributed by atoms with Gasteiger partial charge in [-0.2, -0.15) is 0 Å². The number of ether oxygens (including phenoxy) is 1. The molecule has 0 atom stereocenters. The van der Waals surface area contributed by atoms with Crippen LogP contribution in [0.4, 0.5) is 0 Å². The summed E-state index contributed by atoms with van der Waals surface area (Å²) in [5.74, 6) is 0.677. The molecule has 4 heteroatoms. The summed E-state index contributed by atoms with van der Waals surface area (Å²) in [6.07, 6.45) is 0. The van der Waals surface area contributed by atoms with Gasteiger partial charge in [-0.05, 0) is 0 Å². The topological polar surface area (TPSA) is 33.1 Å². The van der Waals surface area contributed by atoms with E-state index in [2.05, 4.69) is 4.74 Å². The van der Waals surface area contributed by atoms with Crippen LogP contribution in [0.2, 0.25) is 0 Å². The summed E-state index contributed by atoms with van der Waals surface area (Å²) in [5, 5.41) is 6.72. The third-order valence-corrected chi connectivity index (χ3v) is 0.550. The van der Waals surface area contributed by atoms with E-state index in [0.29, 0.717) is 12.5 Å². The lowest BCUT2D eigenvalue weighted by atomic mass is 10.7. The highest BCUT2D eigenvalue weighted by molar-refractivity contribution is 6.18. The predicted octanol–water partition coefficient (Wildman–Crippen LogP) is 1.66. The van der Waals surface area contributed by atoms with Gasteiger partial charge >= 0.3 is 0 Å². The van der Waals surface area contributed by atoms with Crippen molar-refractivity contribution in [1.29, 1.82) is 5.41 Å². The molecule has 0 rings (SSSR count). The van der Waals surface area contributed by atoms with Crippen molar-refractivity contribution in [2.75, 3.05) is 12.5 Å². The zero-order chi connectivity index (χ0) is 5.70. The van der Waals surface area contributed by atoms with Crippen molar-refractivity contribution in [1.82, 2.24) is 0 Å². The molecule has 1 N–H and O–H groups in total. The monoisotopic (exact) mass is 157 g/mol. The van der Waals surface area contributed by atoms with Crippen LogP contribution in [0.25, 0.3) is 0 Å². The van der Waals surface area contributed by atoms with Crippen molar-refractivity contribution in [3.63, 3.8) is 0 Å². The first-order valence-electron chi connectivity index (χ1n) is 2.01. The van der Waals surface area contributed by atoms with Gasteiger partial charge < -0.3 is 4.74 Å². The van der Waals surface area contributed by atoms with E-state index < -0.39 is 0 Å². The standard InChI is InChI=1S/C4H8ClNO.ClH/c1-4(6)7-3-2-5;/h6H,2-3H2,1H3;1H. The molecule has 0 amide bonds. The van der Waals surface area contributed by atoms with E-state index >= 15 is 0 Å². The summed E-state index contributed by atoms with van der Waals surface area (Å²) >= 11 is 5.22. The zero-order valence-electron chi connectivity index (χ0n) is 4.61. The van der Waals surface area contributed by atoms with Crippen molar-refractivity contribution >= 4 is 29.9 Å². The van der Waals surface area contributed by atoms with Crippen LogP contribution in [0, 0.1) is 5.41 Å². The van der Waals surface area contributed by atoms with Crippen LogP contribution in [-0.4, -0.2) is 18.4 Å². The van der Waals surface area contributed by atoms with Gasteiger partial charge in [0.05, 0.1) is 5.88 Å². The number of halogens is 2. The molecule has 0 saturated heterocycles. The van der Waals surface area contributed by atoms with Gasteiger partial charge in [-0.1, -0.05) is 0 Å². The minimum Gasteiger partial charge on any atom is -0.480 e. The Morgan fingerprint density at radius 2 is 2.25 bits per heavy atom. The van der Waals surface area contributed by atoms with Crippen LogP contribution in [0.3, 0.4) is 0 Å². The van der Waals surface area contributed by atoms with Gasteiger partial charge in [0.2, 0.25) is 0 Å². The highest BCUT2D eigenvalue weighted by Gasteiger charge is 1.82. The number of hydrogen-bond acceptors (Lipinski definition) is 2. The van der Waals surface area contributed by atoms with Gasteiger partial charge in [-0.25, -0.2) is 0 Å². The summed E-state index contributed by atoms with van der Waals surface area (Å²) in [6, 6.07) is 0. The fraction of sp³-hybridized carbons (Fsp3) is 0.750. The number of hydrogen-bond donors (Lipinski definition) is 1. The summed E-state index contributed by atoms with van der Waals surface area (Å²) in [7, 11) is 0. The van der Waals surface area contributed by atoms with Gasteiger partial charge in [0.25, 0.3) is 0 Å². The molecule has 0 spiro atoms. The van der Waals surface area contributed by atoms with Crippen molar-refractivity contribution in [3.05, 3.63) is 0 Å². The molecule has 8 heavy (non-hydrogen) atoms. The van der Waals surface area contributed by atoms with Crippen molar-refractivity contribution < 1.29 is 4.74 Å². The molecular weight excluding hydrogens is 149 g/mol. The Morgan fingerprint density at radius 1 is 1.75 bits per heavy atom. The lowest BCUT2D eigenvalue weighted by Crippen LogP contribution is -1.99. The van der Waals surface area contributed by atoms with Crippen LogP contribution in [-0.2, 0) is 4.74 Å². The lowest BCUT2D eigenvalue weighted by molar-refractivity contribution is 0.324. The largest absolute Gasteiger partial charge is 0.480 e. The molecule has 2 nitrogen and oxygen atoms in total. The molecule has 0 bridgehead atoms. The second-order valence-corrected chi connectivity index (χ2v) is 1.47. The van der Waals surface area contributed by atoms with Crippen LogP contribution >= 0.6 is 24.0 Å². The first-order valence-corrected chi connectivity index (χ1v) is 2.54. The second-order valence-electron chi connectivity index (χ2n) is 1.09. The summed E-state index contributed by atoms with van der Waals surface area (Å²) in [6.45, 7) is 2.02. The SMILES string of the molecule is CC(=N)OCCCl.Cl. The minimum atomic E-state index is 0. The second kappa shape index (κ2) is 7.05. The summed E-state index contributed by atoms with van der Waals surface area (Å²) in [4.78, 5) is 0. The third-order valence-electron chi connectivity index (χ3n) is 0.396. The van der Waals surface area contributed by atoms with E-state index in [0.717, 1.165) is 0 Å². The van der Waals surface area contributed by atoms with Crippen molar-refractivity contribution in [3.8, 4) is 0 Å². The number of alkyl halides is 1. The van der Waals surface area contributed by atoms with Crippen LogP contribution in [0.5, 0.6) is 0 Å². The number of rotatable bonds is 2. The average molecular weight is 158 g/mol. The normalized spacial score (nSPS) is 7.25. The Balaban J connectivity index is 0. The lowest BCUT2D eigenvalue weighted by Gasteiger charge is -1.96. The average Bonchev–Trinajstić information content (AvgIpc) is 1.61. The first kappa shape index (κ1) is 10.9. The maximum absolute atomic E-state index is 6.72. The van der Waals surface area contributed by atoms with Crippen molar-refractivity contribution in [2.45, 2.75) is 6.92 Å². The van der Waals surface area contributed by atoms with Gasteiger partial charge in [0.1, 0.15) is 6.61 Å². The molecule has 0 aromatic heterocycles. The molecule has 0 unspecified atom stereocenters. The molecule has 0 saturated carbocycles. The maximum Gasteiger partial charge on any atom is 0.177 e. The summed E-state index contributed by atoms with van der Waals surface area (Å²) < 4.78 is 4.64. The Morgan fingerprint density at radius 3 is 2.38 bits per heavy atom. The summed E-state index contributed by atoms with van der Waals surface area (Å²) in [5.41, 5.74) is 0. The maximum atomic E-state index is 6.72. The highest BCUT2D eigenvalue weighted by Crippen LogP contribution is 1.78. The molecule has 0 aliphatic heterocycles. The third kappa shape index (κ3) is 9.41. The minimum absolute atomic E-state index is 0. The molecule has 0 aromatic carbocycles. The van der Waals surface area contributed by atoms with E-state index in [1.165, 1.54) is 0 Å². The van der Waals surface area contributed by atoms with E-state index in [9.17, 15) is 0 Å². The van der Waals surface area contributed by atoms with E-state index in [1.54, 1.807) is 6.92 Å². The van der Waals surface area contributed by atoms with Crippen LogP contribution < -0.4 is 0 Å². The molecule has 0 aromatic rings. The van der Waals surface area contributed by atoms with Crippen molar-refractivity contribution in [2.24, 2.45) is 0 Å². The van der Waals surface area contributed by atoms with E-state index in [4.69, 9.17) is 17.0 Å². The Labute approximate surface area is 60.1 Å². The smallest absolute Gasteiger partial charge is 0.177 e. The fourth-order valence-corrected chi connectivity index (χ4v) is 0.269. The molecule has 0 aliphatic rings. The quantitative estimate of drug-likeness (QED) is 0.370. The molecular formula is C4H9Cl2NO. The van der Waals surface area contributed by atoms with Gasteiger partial charge in [-0.3, -0.25) is 5.41 Å². The van der Waals surface area contributed by atoms with Gasteiger partial charge in [0.15, 0.2) is 5.90 Å². The predicted molar refractivity (Wildman–Crippen MR) is 37.3 cm³/mol. The van der Waals surface area contributed by atoms with Crippen LogP contribution in [0.15, 0.2) is 0 Å². The Bertz CT molecular complexity index is 67.1. The molecule has 50 valence electrons. The van der Waals surface area contributed by atoms with Gasteiger partial charge in [0, 0.05) is 6.92 Å². The Kier molecular flexibility index (Phi) is 9.63. The molecule has 0 radical (unpaired) electrons. The van der Waals surface area contributed by atoms with Gasteiger partial charge in [-0.15, -0.1) is 24.0 Å². The van der Waals surface area contributed by atoms with E-state index in [1.807, 2.05) is 0 Å². The Hall–Kier alpha value is 0.0500. The van der Waals surface area contributed by atoms with Crippen LogP contribution in [0.1, 0.15) is 6.92 Å². The molecule has 0 aliphatic carbocycles. The van der Waals surface area contributed by atoms with E-state index in [-0.39, 0.29) is 18.3 Å². The molecule has 0 fully saturated rings. The highest BCUT2D eigenvalue weighted by atomic mass is 35.5. The fourth-order valence-electron chi connectivity index (χ4n) is 0.192. The first-order chi connectivity index (χ1) is 3.27. The number of nitrogens with one attached hydrogen (secondary N) is 1. The molecule has 0 heterocycles. The zero-order valence-corrected chi connectivity index (χ0v) is 6.18.